The zero-order chi connectivity index (χ0) is 31.8. The normalized spacial score (nSPS) is 18.6. The number of nitrogens with zero attached hydrogens (tertiary/aromatic N) is 3. The number of ketones is 1. The Morgan fingerprint density at radius 3 is 2.40 bits per heavy atom. The third-order valence-electron chi connectivity index (χ3n) is 7.70. The molecule has 2 aliphatic heterocycles. The van der Waals surface area contributed by atoms with Crippen LogP contribution in [0.1, 0.15) is 40.8 Å². The van der Waals surface area contributed by atoms with Crippen molar-refractivity contribution in [3.8, 4) is 23.0 Å². The van der Waals surface area contributed by atoms with E-state index < -0.39 is 17.7 Å². The maximum atomic E-state index is 13.8. The summed E-state index contributed by atoms with van der Waals surface area (Å²) in [6, 6.07) is 15.7. The second kappa shape index (κ2) is 12.4. The molecule has 12 heteroatoms. The van der Waals surface area contributed by atoms with Crippen LogP contribution in [0.25, 0.3) is 5.76 Å². The van der Waals surface area contributed by atoms with Crippen molar-refractivity contribution in [3.63, 3.8) is 0 Å². The highest BCUT2D eigenvalue weighted by Gasteiger charge is 2.49. The van der Waals surface area contributed by atoms with Gasteiger partial charge in [-0.2, -0.15) is 0 Å². The molecule has 45 heavy (non-hydrogen) atoms. The third-order valence-corrected chi connectivity index (χ3v) is 9.83. The quantitative estimate of drug-likeness (QED) is 0.0750. The second-order valence-electron chi connectivity index (χ2n) is 10.7. The first-order valence-electron chi connectivity index (χ1n) is 14.1. The fourth-order valence-electron chi connectivity index (χ4n) is 5.52. The molecule has 0 saturated carbocycles. The molecule has 6 rings (SSSR count). The van der Waals surface area contributed by atoms with Crippen LogP contribution in [0.2, 0.25) is 0 Å². The molecule has 1 saturated heterocycles. The van der Waals surface area contributed by atoms with Crippen LogP contribution in [0.4, 0.5) is 5.13 Å². The predicted molar refractivity (Wildman–Crippen MR) is 172 cm³/mol. The van der Waals surface area contributed by atoms with Gasteiger partial charge in [0, 0.05) is 17.7 Å². The van der Waals surface area contributed by atoms with E-state index in [-0.39, 0.29) is 22.6 Å². The number of hydrogen-bond acceptors (Lipinski definition) is 11. The number of aliphatic hydroxyl groups excluding tert-OH is 1. The number of anilines is 1. The molecule has 10 nitrogen and oxygen atoms in total. The molecule has 0 radical (unpaired) electrons. The molecule has 1 aromatic heterocycles. The first-order valence-corrected chi connectivity index (χ1v) is 15.9. The maximum absolute atomic E-state index is 13.8. The molecule has 2 aliphatic rings. The topological polar surface area (TPSA) is 120 Å². The number of amides is 1. The molecular weight excluding hydrogens is 615 g/mol. The van der Waals surface area contributed by atoms with Crippen LogP contribution < -0.4 is 23.8 Å². The van der Waals surface area contributed by atoms with Gasteiger partial charge < -0.3 is 24.1 Å². The van der Waals surface area contributed by atoms with Crippen molar-refractivity contribution >= 4 is 45.7 Å². The average Bonchev–Trinajstić information content (AvgIpc) is 3.74. The molecule has 4 aromatic rings. The highest BCUT2D eigenvalue weighted by atomic mass is 32.2. The summed E-state index contributed by atoms with van der Waals surface area (Å²) in [5, 5.41) is 20.6. The van der Waals surface area contributed by atoms with Crippen LogP contribution in [-0.4, -0.2) is 54.4 Å². The molecule has 2 atom stereocenters. The first kappa shape index (κ1) is 30.5. The lowest BCUT2D eigenvalue weighted by atomic mass is 9.94. The van der Waals surface area contributed by atoms with Crippen LogP contribution in [-0.2, 0) is 21.8 Å². The lowest BCUT2D eigenvalue weighted by molar-refractivity contribution is -0.132. The largest absolute Gasteiger partial charge is 0.507 e. The Morgan fingerprint density at radius 1 is 1.02 bits per heavy atom. The number of carbonyl (C=O) groups is 2. The van der Waals surface area contributed by atoms with Crippen molar-refractivity contribution in [2.45, 2.75) is 42.5 Å². The Kier molecular flexibility index (Phi) is 8.43. The van der Waals surface area contributed by atoms with Crippen LogP contribution >= 0.6 is 23.1 Å². The van der Waals surface area contributed by atoms with Crippen molar-refractivity contribution in [1.82, 2.24) is 10.2 Å². The van der Waals surface area contributed by atoms with Gasteiger partial charge in [0.25, 0.3) is 5.78 Å². The van der Waals surface area contributed by atoms with Gasteiger partial charge >= 0.3 is 5.91 Å². The van der Waals surface area contributed by atoms with Gasteiger partial charge in [0.15, 0.2) is 15.8 Å². The minimum absolute atomic E-state index is 0.00215. The first-order chi connectivity index (χ1) is 21.7. The van der Waals surface area contributed by atoms with Gasteiger partial charge in [0.2, 0.25) is 10.9 Å². The number of aromatic nitrogens is 2. The van der Waals surface area contributed by atoms with Gasteiger partial charge in [-0.25, -0.2) is 0 Å². The van der Waals surface area contributed by atoms with Crippen molar-refractivity contribution in [2.24, 2.45) is 0 Å². The van der Waals surface area contributed by atoms with E-state index in [4.69, 9.17) is 18.9 Å². The Bertz CT molecular complexity index is 1790. The Hall–Kier alpha value is -4.55. The van der Waals surface area contributed by atoms with E-state index in [1.54, 1.807) is 30.3 Å². The summed E-state index contributed by atoms with van der Waals surface area (Å²) in [4.78, 5) is 28.8. The number of fused-ring (bicyclic) bond motifs is 1. The number of thioether (sulfide) groups is 1. The van der Waals surface area contributed by atoms with Crippen LogP contribution in [0.15, 0.2) is 64.5 Å². The molecule has 1 amide bonds. The highest BCUT2D eigenvalue weighted by Crippen LogP contribution is 2.48. The standard InChI is InChI=1S/C33H31N3O7S2/c1-17-6-8-19(9-7-17)16-44-33-35-34-32(45-33)36-27(22-14-24(40-3)30(42-5)25(15-22)41-4)26(29(38)31(36)39)28(37)20-10-11-23-21(13-20)12-18(2)43-23/h6-11,13-15,18,27,37H,12,16H2,1-5H3/b28-26+. The van der Waals surface area contributed by atoms with Gasteiger partial charge in [-0.15, -0.1) is 10.2 Å². The van der Waals surface area contributed by atoms with E-state index in [9.17, 15) is 14.7 Å². The minimum atomic E-state index is -1.06. The lowest BCUT2D eigenvalue weighted by Gasteiger charge is -2.24. The molecule has 1 fully saturated rings. The summed E-state index contributed by atoms with van der Waals surface area (Å²) in [6.45, 7) is 4.00. The number of aliphatic hydroxyl groups is 1. The van der Waals surface area contributed by atoms with Crippen LogP contribution in [0.5, 0.6) is 23.0 Å². The molecule has 0 spiro atoms. The second-order valence-corrected chi connectivity index (χ2v) is 12.9. The van der Waals surface area contributed by atoms with E-state index in [0.717, 1.165) is 16.9 Å². The summed E-state index contributed by atoms with van der Waals surface area (Å²) >= 11 is 2.68. The number of aryl methyl sites for hydroxylation is 1. The molecule has 0 bridgehead atoms. The summed E-state index contributed by atoms with van der Waals surface area (Å²) in [6.07, 6.45) is 0.659. The SMILES string of the molecule is COc1cc(C2/C(=C(\O)c3ccc4c(c3)CC(C)O4)C(=O)C(=O)N2c2nnc(SCc3ccc(C)cc3)s2)cc(OC)c1OC. The van der Waals surface area contributed by atoms with E-state index >= 15 is 0 Å². The van der Waals surface area contributed by atoms with E-state index in [0.29, 0.717) is 44.9 Å². The average molecular weight is 646 g/mol. The van der Waals surface area contributed by atoms with Crippen LogP contribution in [0, 0.1) is 6.92 Å². The maximum Gasteiger partial charge on any atom is 0.301 e. The highest BCUT2D eigenvalue weighted by molar-refractivity contribution is 8.00. The number of benzene rings is 3. The van der Waals surface area contributed by atoms with Crippen molar-refractivity contribution in [3.05, 3.63) is 88.0 Å². The number of Topliss-reactive ketones (excluding diaryl/α,β-unsaturated/α-hetero) is 1. The monoisotopic (exact) mass is 645 g/mol. The van der Waals surface area contributed by atoms with Gasteiger partial charge in [-0.3, -0.25) is 14.5 Å². The number of rotatable bonds is 9. The van der Waals surface area contributed by atoms with Gasteiger partial charge in [0.1, 0.15) is 17.6 Å². The smallest absolute Gasteiger partial charge is 0.301 e. The van der Waals surface area contributed by atoms with Crippen LogP contribution in [0.3, 0.4) is 0 Å². The predicted octanol–water partition coefficient (Wildman–Crippen LogP) is 6.11. The van der Waals surface area contributed by atoms with E-state index in [2.05, 4.69) is 22.3 Å². The van der Waals surface area contributed by atoms with Gasteiger partial charge in [-0.1, -0.05) is 52.9 Å². The van der Waals surface area contributed by atoms with Gasteiger partial charge in [-0.05, 0) is 60.9 Å². The summed E-state index contributed by atoms with van der Waals surface area (Å²) in [5.74, 6) is 0.394. The molecule has 3 heterocycles. The Labute approximate surface area is 268 Å². The molecule has 232 valence electrons. The van der Waals surface area contributed by atoms with E-state index in [1.165, 1.54) is 54.9 Å². The fraction of sp³-hybridized carbons (Fsp3) is 0.273. The number of ether oxygens (including phenoxy) is 4. The summed E-state index contributed by atoms with van der Waals surface area (Å²) in [7, 11) is 4.45. The zero-order valence-electron chi connectivity index (χ0n) is 25.3. The Morgan fingerprint density at radius 2 is 1.73 bits per heavy atom. The molecule has 3 aromatic carbocycles. The summed E-state index contributed by atoms with van der Waals surface area (Å²) < 4.78 is 23.1. The van der Waals surface area contributed by atoms with Crippen molar-refractivity contribution in [1.29, 1.82) is 0 Å². The van der Waals surface area contributed by atoms with E-state index in [1.807, 2.05) is 26.0 Å². The minimum Gasteiger partial charge on any atom is -0.507 e. The number of carbonyl (C=O) groups excluding carboxylic acids is 2. The number of methoxy groups -OCH3 is 3. The summed E-state index contributed by atoms with van der Waals surface area (Å²) in [5.41, 5.74) is 3.96. The molecular formula is C33H31N3O7S2. The van der Waals surface area contributed by atoms with Crippen molar-refractivity contribution < 1.29 is 33.6 Å². The zero-order valence-corrected chi connectivity index (χ0v) is 27.0. The molecule has 0 aliphatic carbocycles. The fourth-order valence-corrected chi connectivity index (χ4v) is 7.34. The van der Waals surface area contributed by atoms with Crippen molar-refractivity contribution in [2.75, 3.05) is 26.2 Å². The van der Waals surface area contributed by atoms with Gasteiger partial charge in [0.05, 0.1) is 32.9 Å². The Balaban J connectivity index is 1.45. The number of hydrogen-bond donors (Lipinski definition) is 1. The lowest BCUT2D eigenvalue weighted by Crippen LogP contribution is -2.29. The molecule has 2 unspecified atom stereocenters. The molecule has 1 N–H and O–H groups in total. The third kappa shape index (κ3) is 5.71.